The molecule has 3 heterocycles. The molecule has 0 spiro atoms. The van der Waals surface area contributed by atoms with Crippen LogP contribution in [0.1, 0.15) is 40.5 Å². The van der Waals surface area contributed by atoms with Crippen molar-refractivity contribution in [3.05, 3.63) is 0 Å². The zero-order valence-electron chi connectivity index (χ0n) is 15.7. The Kier molecular flexibility index (Phi) is 5.12. The van der Waals surface area contributed by atoms with Crippen LogP contribution in [0.4, 0.5) is 0 Å². The summed E-state index contributed by atoms with van der Waals surface area (Å²) in [4.78, 5) is 0. The van der Waals surface area contributed by atoms with Crippen molar-refractivity contribution >= 4 is 0 Å². The van der Waals surface area contributed by atoms with Crippen LogP contribution in [0.5, 0.6) is 0 Å². The molecule has 25 heavy (non-hydrogen) atoms. The van der Waals surface area contributed by atoms with Gasteiger partial charge in [0.1, 0.15) is 25.8 Å². The molecule has 6 nitrogen and oxygen atoms in total. The van der Waals surface area contributed by atoms with Crippen molar-refractivity contribution in [2.45, 2.75) is 83.3 Å². The molecule has 0 aromatic heterocycles. The van der Waals surface area contributed by atoms with Crippen LogP contribution in [0, 0.1) is 23.7 Å². The molecule has 1 saturated carbocycles. The second-order valence-electron chi connectivity index (χ2n) is 8.58. The number of fused-ring (bicyclic) bond motifs is 2. The van der Waals surface area contributed by atoms with Crippen molar-refractivity contribution in [3.63, 3.8) is 0 Å². The number of rotatable bonds is 2. The summed E-state index contributed by atoms with van der Waals surface area (Å²) in [5.41, 5.74) is 0. The van der Waals surface area contributed by atoms with Gasteiger partial charge in [0, 0.05) is 5.92 Å². The maximum atomic E-state index is 10.8. The fraction of sp³-hybridized carbons (Fsp3) is 1.00. The molecule has 4 unspecified atom stereocenters. The van der Waals surface area contributed by atoms with E-state index in [0.29, 0.717) is 24.5 Å². The Bertz CT molecular complexity index is 473. The van der Waals surface area contributed by atoms with E-state index in [1.807, 2.05) is 6.92 Å². The highest BCUT2D eigenvalue weighted by atomic mass is 16.7. The molecule has 3 aliphatic heterocycles. The SMILES string of the molecule is CC1C[C@@H](C)C2OCO[C@H]2[C@@H]1C[C@H]1OC2[C@@H](OCO[C@@H]2C)[C@H](O)C1C. The Morgan fingerprint density at radius 2 is 1.48 bits per heavy atom. The summed E-state index contributed by atoms with van der Waals surface area (Å²) in [5, 5.41) is 10.8. The zero-order valence-corrected chi connectivity index (χ0v) is 15.7. The number of aliphatic hydroxyl groups excluding tert-OH is 1. The van der Waals surface area contributed by atoms with Gasteiger partial charge in [-0.3, -0.25) is 0 Å². The van der Waals surface area contributed by atoms with E-state index in [1.54, 1.807) is 0 Å². The quantitative estimate of drug-likeness (QED) is 0.816. The average Bonchev–Trinajstić information content (AvgIpc) is 3.06. The summed E-state index contributed by atoms with van der Waals surface area (Å²) >= 11 is 0. The van der Waals surface area contributed by atoms with E-state index in [9.17, 15) is 5.11 Å². The number of aliphatic hydroxyl groups is 1. The highest BCUT2D eigenvalue weighted by Crippen LogP contribution is 2.44. The maximum absolute atomic E-state index is 10.8. The largest absolute Gasteiger partial charge is 0.390 e. The lowest BCUT2D eigenvalue weighted by atomic mass is 9.68. The van der Waals surface area contributed by atoms with E-state index >= 15 is 0 Å². The summed E-state index contributed by atoms with van der Waals surface area (Å²) in [6.45, 7) is 9.25. The van der Waals surface area contributed by atoms with Crippen LogP contribution < -0.4 is 0 Å². The topological polar surface area (TPSA) is 66.4 Å². The Balaban J connectivity index is 1.49. The Hall–Kier alpha value is -0.240. The number of hydrogen-bond acceptors (Lipinski definition) is 6. The predicted molar refractivity (Wildman–Crippen MR) is 89.8 cm³/mol. The van der Waals surface area contributed by atoms with Crippen molar-refractivity contribution < 1.29 is 28.8 Å². The van der Waals surface area contributed by atoms with Gasteiger partial charge in [-0.15, -0.1) is 0 Å². The first kappa shape index (κ1) is 18.1. The fourth-order valence-corrected chi connectivity index (χ4v) is 5.37. The number of ether oxygens (including phenoxy) is 5. The molecule has 11 atom stereocenters. The van der Waals surface area contributed by atoms with Gasteiger partial charge in [-0.25, -0.2) is 0 Å². The van der Waals surface area contributed by atoms with Crippen LogP contribution >= 0.6 is 0 Å². The predicted octanol–water partition coefficient (Wildman–Crippen LogP) is 1.94. The van der Waals surface area contributed by atoms with Gasteiger partial charge in [0.2, 0.25) is 0 Å². The van der Waals surface area contributed by atoms with E-state index in [0.717, 1.165) is 12.8 Å². The van der Waals surface area contributed by atoms with E-state index in [1.165, 1.54) is 0 Å². The minimum absolute atomic E-state index is 0.0188. The van der Waals surface area contributed by atoms with Gasteiger partial charge in [-0.2, -0.15) is 0 Å². The van der Waals surface area contributed by atoms with Gasteiger partial charge >= 0.3 is 0 Å². The van der Waals surface area contributed by atoms with Crippen molar-refractivity contribution in [2.75, 3.05) is 13.6 Å². The molecule has 3 saturated heterocycles. The van der Waals surface area contributed by atoms with Gasteiger partial charge in [-0.05, 0) is 37.5 Å². The van der Waals surface area contributed by atoms with Crippen molar-refractivity contribution in [3.8, 4) is 0 Å². The van der Waals surface area contributed by atoms with E-state index in [4.69, 9.17) is 23.7 Å². The molecule has 0 amide bonds. The van der Waals surface area contributed by atoms with Crippen LogP contribution in [0.25, 0.3) is 0 Å². The minimum Gasteiger partial charge on any atom is -0.390 e. The molecule has 144 valence electrons. The lowest BCUT2D eigenvalue weighted by Crippen LogP contribution is -2.61. The third-order valence-corrected chi connectivity index (χ3v) is 6.98. The lowest BCUT2D eigenvalue weighted by Gasteiger charge is -2.49. The molecule has 0 aromatic rings. The number of hydrogen-bond donors (Lipinski definition) is 1. The van der Waals surface area contributed by atoms with Gasteiger partial charge in [0.25, 0.3) is 0 Å². The second-order valence-corrected chi connectivity index (χ2v) is 8.58. The second kappa shape index (κ2) is 7.06. The lowest BCUT2D eigenvalue weighted by molar-refractivity contribution is -0.306. The van der Waals surface area contributed by atoms with Gasteiger partial charge in [0.15, 0.2) is 0 Å². The van der Waals surface area contributed by atoms with Crippen LogP contribution in [-0.2, 0) is 23.7 Å². The first-order chi connectivity index (χ1) is 12.0. The first-order valence-electron chi connectivity index (χ1n) is 9.77. The van der Waals surface area contributed by atoms with E-state index in [2.05, 4.69) is 20.8 Å². The summed E-state index contributed by atoms with van der Waals surface area (Å²) in [6.07, 6.45) is 1.25. The summed E-state index contributed by atoms with van der Waals surface area (Å²) in [6, 6.07) is 0. The molecule has 0 radical (unpaired) electrons. The van der Waals surface area contributed by atoms with E-state index < -0.39 is 6.10 Å². The highest BCUT2D eigenvalue weighted by Gasteiger charge is 2.51. The van der Waals surface area contributed by atoms with Crippen LogP contribution in [0.3, 0.4) is 0 Å². The zero-order chi connectivity index (χ0) is 17.7. The molecule has 0 bridgehead atoms. The molecule has 1 N–H and O–H groups in total. The summed E-state index contributed by atoms with van der Waals surface area (Å²) in [7, 11) is 0. The summed E-state index contributed by atoms with van der Waals surface area (Å²) in [5.74, 6) is 1.50. The van der Waals surface area contributed by atoms with Gasteiger partial charge < -0.3 is 28.8 Å². The van der Waals surface area contributed by atoms with Crippen LogP contribution in [-0.4, -0.2) is 61.4 Å². The van der Waals surface area contributed by atoms with E-state index in [-0.39, 0.29) is 49.3 Å². The standard InChI is InChI=1S/C19H32O6/c1-9-5-10(2)16-18(23-8-22-16)13(9)6-14-11(3)15(20)19-17(25-14)12(4)21-7-24-19/h9-20H,5-8H2,1-4H3/t9?,10-,11?,12-,13-,14-,15-,16?,17?,18+,19+/m1/s1. The van der Waals surface area contributed by atoms with Crippen molar-refractivity contribution in [2.24, 2.45) is 23.7 Å². The Labute approximate surface area is 150 Å². The molecular weight excluding hydrogens is 324 g/mol. The third kappa shape index (κ3) is 3.15. The molecule has 0 aromatic carbocycles. The summed E-state index contributed by atoms with van der Waals surface area (Å²) < 4.78 is 29.4. The molecule has 4 fully saturated rings. The Morgan fingerprint density at radius 3 is 2.28 bits per heavy atom. The fourth-order valence-electron chi connectivity index (χ4n) is 5.37. The van der Waals surface area contributed by atoms with Crippen molar-refractivity contribution in [1.82, 2.24) is 0 Å². The average molecular weight is 356 g/mol. The molecule has 6 heteroatoms. The van der Waals surface area contributed by atoms with Crippen molar-refractivity contribution in [1.29, 1.82) is 0 Å². The van der Waals surface area contributed by atoms with Gasteiger partial charge in [0.05, 0.1) is 30.5 Å². The smallest absolute Gasteiger partial charge is 0.147 e. The molecular formula is C19H32O6. The molecule has 1 aliphatic carbocycles. The third-order valence-electron chi connectivity index (χ3n) is 6.98. The minimum atomic E-state index is -0.524. The Morgan fingerprint density at radius 1 is 0.800 bits per heavy atom. The van der Waals surface area contributed by atoms with Gasteiger partial charge in [-0.1, -0.05) is 20.8 Å². The normalized spacial score (nSPS) is 56.3. The molecule has 4 aliphatic rings. The van der Waals surface area contributed by atoms with Crippen LogP contribution in [0.15, 0.2) is 0 Å². The highest BCUT2D eigenvalue weighted by molar-refractivity contribution is 4.99. The monoisotopic (exact) mass is 356 g/mol. The molecule has 4 rings (SSSR count). The first-order valence-corrected chi connectivity index (χ1v) is 9.77. The van der Waals surface area contributed by atoms with Crippen LogP contribution in [0.2, 0.25) is 0 Å². The maximum Gasteiger partial charge on any atom is 0.147 e.